The van der Waals surface area contributed by atoms with Gasteiger partial charge in [-0.15, -0.1) is 0 Å². The summed E-state index contributed by atoms with van der Waals surface area (Å²) in [6.45, 7) is 0. The van der Waals surface area contributed by atoms with Crippen LogP contribution in [0.5, 0.6) is 0 Å². The Balaban J connectivity index is 1.59. The maximum absolute atomic E-state index is 14.1. The van der Waals surface area contributed by atoms with Crippen LogP contribution in [0.1, 0.15) is 28.8 Å². The van der Waals surface area contributed by atoms with Crippen LogP contribution in [0.3, 0.4) is 0 Å². The molecule has 0 radical (unpaired) electrons. The van der Waals surface area contributed by atoms with Crippen molar-refractivity contribution in [1.82, 2.24) is 4.98 Å². The maximum atomic E-state index is 14.1. The number of pyridine rings is 1. The van der Waals surface area contributed by atoms with E-state index in [-0.39, 0.29) is 17.2 Å². The molecule has 1 amide bonds. The molecule has 4 aromatic rings. The highest BCUT2D eigenvalue weighted by Gasteiger charge is 2.45. The van der Waals surface area contributed by atoms with Crippen LogP contribution in [0.15, 0.2) is 102 Å². The van der Waals surface area contributed by atoms with Crippen molar-refractivity contribution in [2.24, 2.45) is 0 Å². The summed E-state index contributed by atoms with van der Waals surface area (Å²) in [7, 11) is -3.33. The van der Waals surface area contributed by atoms with Gasteiger partial charge in [-0.05, 0) is 65.2 Å². The largest absolute Gasteiger partial charge is 0.358 e. The molecule has 1 aliphatic heterocycles. The van der Waals surface area contributed by atoms with Crippen molar-refractivity contribution in [1.29, 1.82) is 0 Å². The predicted molar refractivity (Wildman–Crippen MR) is 148 cm³/mol. The number of hydrogen-bond donors (Lipinski definition) is 0. The van der Waals surface area contributed by atoms with Gasteiger partial charge >= 0.3 is 0 Å². The van der Waals surface area contributed by atoms with Crippen LogP contribution < -0.4 is 4.90 Å². The van der Waals surface area contributed by atoms with Crippen molar-refractivity contribution in [2.75, 3.05) is 11.2 Å². The summed E-state index contributed by atoms with van der Waals surface area (Å²) in [5.74, 6) is -0.227. The van der Waals surface area contributed by atoms with Gasteiger partial charge in [-0.1, -0.05) is 59.6 Å². The lowest BCUT2D eigenvalue weighted by Gasteiger charge is -2.44. The molecule has 0 spiro atoms. The monoisotopic (exact) mass is 566 g/mol. The molecule has 0 saturated carbocycles. The SMILES string of the molecule is CS(=O)(=O)c1ccc(C[C@H]2O[C@H](c3ccc(Cl)cc3)[C@H](c3ccc(Cl)cc3)N(c3cccnc3)C2=O)cc1. The summed E-state index contributed by atoms with van der Waals surface area (Å²) >= 11 is 12.4. The van der Waals surface area contributed by atoms with Crippen LogP contribution in [-0.4, -0.2) is 31.7 Å². The number of morpholine rings is 1. The van der Waals surface area contributed by atoms with E-state index in [1.165, 1.54) is 0 Å². The van der Waals surface area contributed by atoms with E-state index in [0.29, 0.717) is 15.7 Å². The van der Waals surface area contributed by atoms with Crippen molar-refractivity contribution in [3.63, 3.8) is 0 Å². The van der Waals surface area contributed by atoms with E-state index in [1.54, 1.807) is 71.9 Å². The summed E-state index contributed by atoms with van der Waals surface area (Å²) in [6.07, 6.45) is 3.37. The van der Waals surface area contributed by atoms with Gasteiger partial charge in [0.15, 0.2) is 9.84 Å². The summed E-state index contributed by atoms with van der Waals surface area (Å²) in [4.78, 5) is 20.3. The zero-order chi connectivity index (χ0) is 26.9. The van der Waals surface area contributed by atoms with Gasteiger partial charge in [0.1, 0.15) is 12.2 Å². The minimum atomic E-state index is -3.33. The standard InChI is InChI=1S/C29H24Cl2N2O4S/c1-38(35,36)25-14-4-19(5-15-25)17-26-29(34)33(24-3-2-16-32-18-24)27(20-6-10-22(30)11-7-20)28(37-26)21-8-12-23(31)13-9-21/h2-16,18,26-28H,17H2,1H3/t26-,27+,28-/m1/s1. The number of nitrogens with zero attached hydrogens (tertiary/aromatic N) is 2. The summed E-state index contributed by atoms with van der Waals surface area (Å²) < 4.78 is 30.4. The lowest BCUT2D eigenvalue weighted by molar-refractivity contribution is -0.145. The van der Waals surface area contributed by atoms with Crippen molar-refractivity contribution in [2.45, 2.75) is 29.6 Å². The number of carbonyl (C=O) groups excluding carboxylic acids is 1. The molecule has 1 fully saturated rings. The molecule has 1 aliphatic rings. The Morgan fingerprint density at radius 2 is 1.47 bits per heavy atom. The first-order valence-electron chi connectivity index (χ1n) is 11.9. The first-order chi connectivity index (χ1) is 18.2. The van der Waals surface area contributed by atoms with Crippen molar-refractivity contribution in [3.8, 4) is 0 Å². The number of ether oxygens (including phenoxy) is 1. The fourth-order valence-corrected chi connectivity index (χ4v) is 5.52. The Morgan fingerprint density at radius 3 is 2.03 bits per heavy atom. The van der Waals surface area contributed by atoms with Gasteiger partial charge in [0.25, 0.3) is 5.91 Å². The van der Waals surface area contributed by atoms with Crippen LogP contribution in [0.2, 0.25) is 10.0 Å². The Bertz CT molecular complexity index is 1530. The van der Waals surface area contributed by atoms with E-state index in [0.717, 1.165) is 22.9 Å². The Kier molecular flexibility index (Phi) is 7.54. The molecule has 38 heavy (non-hydrogen) atoms. The van der Waals surface area contributed by atoms with Crippen molar-refractivity contribution < 1.29 is 17.9 Å². The molecule has 1 saturated heterocycles. The molecule has 3 atom stereocenters. The smallest absolute Gasteiger partial charge is 0.257 e. The molecular weight excluding hydrogens is 543 g/mol. The van der Waals surface area contributed by atoms with Gasteiger partial charge in [0.05, 0.1) is 22.8 Å². The van der Waals surface area contributed by atoms with Gasteiger partial charge in [-0.25, -0.2) is 8.42 Å². The normalized spacial score (nSPS) is 19.9. The van der Waals surface area contributed by atoms with Gasteiger partial charge in [-0.3, -0.25) is 14.7 Å². The second kappa shape index (κ2) is 10.9. The quantitative estimate of drug-likeness (QED) is 0.275. The number of amides is 1. The third-order valence-corrected chi connectivity index (χ3v) is 8.13. The second-order valence-corrected chi connectivity index (χ2v) is 12.0. The first-order valence-corrected chi connectivity index (χ1v) is 14.5. The lowest BCUT2D eigenvalue weighted by Crippen LogP contribution is -2.51. The topological polar surface area (TPSA) is 76.6 Å². The molecule has 1 aromatic heterocycles. The zero-order valence-electron chi connectivity index (χ0n) is 20.4. The average Bonchev–Trinajstić information content (AvgIpc) is 2.91. The van der Waals surface area contributed by atoms with E-state index in [4.69, 9.17) is 27.9 Å². The molecule has 0 N–H and O–H groups in total. The predicted octanol–water partition coefficient (Wildman–Crippen LogP) is 6.25. The Morgan fingerprint density at radius 1 is 0.868 bits per heavy atom. The minimum absolute atomic E-state index is 0.218. The number of rotatable bonds is 6. The maximum Gasteiger partial charge on any atom is 0.257 e. The van der Waals surface area contributed by atoms with Crippen LogP contribution in [-0.2, 0) is 25.8 Å². The van der Waals surface area contributed by atoms with Crippen LogP contribution in [0, 0.1) is 0 Å². The number of carbonyl (C=O) groups is 1. The Hall–Kier alpha value is -3.23. The molecule has 9 heteroatoms. The number of hydrogen-bond acceptors (Lipinski definition) is 5. The molecular formula is C29H24Cl2N2O4S. The molecule has 0 unspecified atom stereocenters. The highest BCUT2D eigenvalue weighted by atomic mass is 35.5. The number of sulfone groups is 1. The van der Waals surface area contributed by atoms with Gasteiger partial charge in [-0.2, -0.15) is 0 Å². The molecule has 5 rings (SSSR count). The van der Waals surface area contributed by atoms with Crippen molar-refractivity contribution in [3.05, 3.63) is 124 Å². The fraction of sp³-hybridized carbons (Fsp3) is 0.172. The van der Waals surface area contributed by atoms with Crippen LogP contribution >= 0.6 is 23.2 Å². The summed E-state index contributed by atoms with van der Waals surface area (Å²) in [6, 6.07) is 24.4. The van der Waals surface area contributed by atoms with E-state index >= 15 is 0 Å². The number of aromatic nitrogens is 1. The molecule has 0 aliphatic carbocycles. The Labute approximate surface area is 231 Å². The van der Waals surface area contributed by atoms with E-state index in [9.17, 15) is 13.2 Å². The summed E-state index contributed by atoms with van der Waals surface area (Å²) in [5, 5.41) is 1.18. The van der Waals surface area contributed by atoms with Gasteiger partial charge < -0.3 is 4.74 Å². The van der Waals surface area contributed by atoms with Crippen LogP contribution in [0.25, 0.3) is 0 Å². The highest BCUT2D eigenvalue weighted by molar-refractivity contribution is 7.90. The third-order valence-electron chi connectivity index (χ3n) is 6.50. The molecule has 0 bridgehead atoms. The fourth-order valence-electron chi connectivity index (χ4n) is 4.64. The molecule has 3 aromatic carbocycles. The molecule has 6 nitrogen and oxygen atoms in total. The van der Waals surface area contributed by atoms with E-state index < -0.39 is 28.1 Å². The first kappa shape index (κ1) is 26.4. The minimum Gasteiger partial charge on any atom is -0.358 e. The highest BCUT2D eigenvalue weighted by Crippen LogP contribution is 2.45. The lowest BCUT2D eigenvalue weighted by atomic mass is 9.90. The molecule has 194 valence electrons. The van der Waals surface area contributed by atoms with Crippen LogP contribution in [0.4, 0.5) is 5.69 Å². The third kappa shape index (κ3) is 5.61. The van der Waals surface area contributed by atoms with Gasteiger partial charge in [0.2, 0.25) is 0 Å². The number of benzene rings is 3. The van der Waals surface area contributed by atoms with Crippen molar-refractivity contribution >= 4 is 44.6 Å². The van der Waals surface area contributed by atoms with E-state index in [2.05, 4.69) is 4.98 Å². The molecule has 2 heterocycles. The number of anilines is 1. The van der Waals surface area contributed by atoms with E-state index in [1.807, 2.05) is 30.3 Å². The average molecular weight is 567 g/mol. The van der Waals surface area contributed by atoms with Gasteiger partial charge in [0, 0.05) is 28.9 Å². The zero-order valence-corrected chi connectivity index (χ0v) is 22.7. The second-order valence-electron chi connectivity index (χ2n) is 9.13. The summed E-state index contributed by atoms with van der Waals surface area (Å²) in [5.41, 5.74) is 3.12. The number of halogens is 2.